The fourth-order valence-electron chi connectivity index (χ4n) is 3.48. The molecule has 0 atom stereocenters. The van der Waals surface area contributed by atoms with E-state index in [1.54, 1.807) is 12.1 Å². The lowest BCUT2D eigenvalue weighted by Gasteiger charge is -2.20. The van der Waals surface area contributed by atoms with E-state index < -0.39 is 10.0 Å². The summed E-state index contributed by atoms with van der Waals surface area (Å²) in [5, 5.41) is 3.75. The van der Waals surface area contributed by atoms with Crippen molar-refractivity contribution in [2.75, 3.05) is 18.6 Å². The summed E-state index contributed by atoms with van der Waals surface area (Å²) in [5.74, 6) is 0.591. The van der Waals surface area contributed by atoms with Crippen molar-refractivity contribution in [3.8, 4) is 5.69 Å². The van der Waals surface area contributed by atoms with Crippen LogP contribution in [0.5, 0.6) is 0 Å². The van der Waals surface area contributed by atoms with E-state index in [1.165, 1.54) is 11.4 Å². The van der Waals surface area contributed by atoms with Gasteiger partial charge in [0.25, 0.3) is 0 Å². The quantitative estimate of drug-likeness (QED) is 0.485. The molecule has 7 nitrogen and oxygen atoms in total. The third kappa shape index (κ3) is 4.42. The molecule has 0 saturated carbocycles. The third-order valence-electron chi connectivity index (χ3n) is 5.30. The summed E-state index contributed by atoms with van der Waals surface area (Å²) in [7, 11) is -1.85. The normalized spacial score (nSPS) is 11.8. The smallest absolute Gasteiger partial charge is 0.211 e. The number of hydrogen-bond acceptors (Lipinski definition) is 5. The molecule has 4 rings (SSSR count). The first-order chi connectivity index (χ1) is 15.2. The predicted molar refractivity (Wildman–Crippen MR) is 128 cm³/mol. The van der Waals surface area contributed by atoms with Crippen LogP contribution in [0.3, 0.4) is 0 Å². The maximum atomic E-state index is 13.1. The van der Waals surface area contributed by atoms with Crippen LogP contribution in [0.15, 0.2) is 77.6 Å². The second-order valence-corrected chi connectivity index (χ2v) is 9.77. The molecule has 0 bridgehead atoms. The van der Waals surface area contributed by atoms with Crippen molar-refractivity contribution >= 4 is 32.6 Å². The van der Waals surface area contributed by atoms with Crippen molar-refractivity contribution in [1.82, 2.24) is 13.9 Å². The van der Waals surface area contributed by atoms with Gasteiger partial charge in [-0.05, 0) is 42.8 Å². The predicted octanol–water partition coefficient (Wildman–Crippen LogP) is 3.83. The Morgan fingerprint density at radius 1 is 1.00 bits per heavy atom. The van der Waals surface area contributed by atoms with E-state index in [0.29, 0.717) is 28.1 Å². The van der Waals surface area contributed by atoms with Crippen molar-refractivity contribution in [3.63, 3.8) is 0 Å². The highest BCUT2D eigenvalue weighted by Crippen LogP contribution is 2.26. The first-order valence-corrected chi connectivity index (χ1v) is 11.9. The van der Waals surface area contributed by atoms with Gasteiger partial charge in [-0.2, -0.15) is 0 Å². The molecule has 32 heavy (non-hydrogen) atoms. The first-order valence-electron chi connectivity index (χ1n) is 10.1. The number of para-hydroxylation sites is 2. The minimum atomic E-state index is -3.36. The molecule has 2 aromatic heterocycles. The van der Waals surface area contributed by atoms with Crippen LogP contribution in [0.1, 0.15) is 11.3 Å². The number of hydrogen-bond donors (Lipinski definition) is 1. The van der Waals surface area contributed by atoms with E-state index in [0.717, 1.165) is 17.6 Å². The van der Waals surface area contributed by atoms with Crippen LogP contribution in [-0.2, 0) is 16.6 Å². The van der Waals surface area contributed by atoms with Crippen molar-refractivity contribution in [1.29, 1.82) is 0 Å². The molecule has 0 spiro atoms. The zero-order chi connectivity index (χ0) is 22.9. The molecule has 0 aliphatic heterocycles. The molecule has 164 valence electrons. The van der Waals surface area contributed by atoms with Crippen LogP contribution >= 0.6 is 0 Å². The minimum Gasteiger partial charge on any atom is -0.341 e. The van der Waals surface area contributed by atoms with Gasteiger partial charge in [-0.25, -0.2) is 17.7 Å². The minimum absolute atomic E-state index is 0.141. The number of aromatic nitrogens is 2. The fraction of sp³-hybridized carbons (Fsp3) is 0.167. The number of rotatable bonds is 6. The highest BCUT2D eigenvalue weighted by molar-refractivity contribution is 7.88. The Labute approximate surface area is 187 Å². The largest absolute Gasteiger partial charge is 0.341 e. The molecule has 1 N–H and O–H groups in total. The Morgan fingerprint density at radius 3 is 2.25 bits per heavy atom. The number of pyridine rings is 2. The Hall–Kier alpha value is -3.49. The van der Waals surface area contributed by atoms with Gasteiger partial charge in [-0.3, -0.25) is 9.36 Å². The van der Waals surface area contributed by atoms with E-state index in [-0.39, 0.29) is 12.0 Å². The zero-order valence-electron chi connectivity index (χ0n) is 18.1. The first kappa shape index (κ1) is 21.7. The summed E-state index contributed by atoms with van der Waals surface area (Å²) in [4.78, 5) is 17.8. The maximum absolute atomic E-state index is 13.1. The fourth-order valence-corrected chi connectivity index (χ4v) is 3.86. The van der Waals surface area contributed by atoms with Crippen LogP contribution in [0, 0.1) is 6.92 Å². The van der Waals surface area contributed by atoms with E-state index in [9.17, 15) is 13.2 Å². The SMILES string of the molecule is Cc1nc2c(cc1CN(C)S(C)(=O)=O)c(=O)cc(Nc1ccccc1)n2-c1ccccc1. The summed E-state index contributed by atoms with van der Waals surface area (Å²) >= 11 is 0. The molecule has 2 heterocycles. The molecule has 0 saturated heterocycles. The second-order valence-electron chi connectivity index (χ2n) is 7.68. The molecule has 0 amide bonds. The van der Waals surface area contributed by atoms with Gasteiger partial charge >= 0.3 is 0 Å². The van der Waals surface area contributed by atoms with E-state index in [4.69, 9.17) is 4.98 Å². The molecule has 0 aliphatic carbocycles. The van der Waals surface area contributed by atoms with Gasteiger partial charge in [0.2, 0.25) is 10.0 Å². The highest BCUT2D eigenvalue weighted by Gasteiger charge is 2.18. The van der Waals surface area contributed by atoms with Crippen molar-refractivity contribution < 1.29 is 8.42 Å². The Bertz CT molecular complexity index is 1430. The zero-order valence-corrected chi connectivity index (χ0v) is 18.9. The number of anilines is 2. The van der Waals surface area contributed by atoms with Gasteiger partial charge in [0.1, 0.15) is 11.5 Å². The van der Waals surface area contributed by atoms with Gasteiger partial charge in [0.15, 0.2) is 5.43 Å². The Kier molecular flexibility index (Phi) is 5.82. The van der Waals surface area contributed by atoms with E-state index in [2.05, 4.69) is 5.32 Å². The van der Waals surface area contributed by atoms with Crippen molar-refractivity contribution in [2.45, 2.75) is 13.5 Å². The van der Waals surface area contributed by atoms with Crippen LogP contribution < -0.4 is 10.7 Å². The Balaban J connectivity index is 1.94. The van der Waals surface area contributed by atoms with Gasteiger partial charge in [-0.15, -0.1) is 0 Å². The molecule has 8 heteroatoms. The second kappa shape index (κ2) is 8.57. The van der Waals surface area contributed by atoms with Crippen LogP contribution in [0.4, 0.5) is 11.5 Å². The van der Waals surface area contributed by atoms with Crippen molar-refractivity contribution in [3.05, 3.63) is 94.3 Å². The van der Waals surface area contributed by atoms with Gasteiger partial charge in [0.05, 0.1) is 11.6 Å². The molecule has 0 unspecified atom stereocenters. The Morgan fingerprint density at radius 2 is 1.62 bits per heavy atom. The lowest BCUT2D eigenvalue weighted by Crippen LogP contribution is -2.25. The number of benzene rings is 2. The molecule has 0 radical (unpaired) electrons. The van der Waals surface area contributed by atoms with Crippen molar-refractivity contribution in [2.24, 2.45) is 0 Å². The number of nitrogens with zero attached hydrogens (tertiary/aromatic N) is 3. The van der Waals surface area contributed by atoms with Crippen LogP contribution in [-0.4, -0.2) is 35.6 Å². The molecule has 2 aromatic carbocycles. The number of aryl methyl sites for hydroxylation is 1. The molecule has 0 aliphatic rings. The number of nitrogens with one attached hydrogen (secondary N) is 1. The molecular weight excluding hydrogens is 424 g/mol. The molecule has 0 fully saturated rings. The maximum Gasteiger partial charge on any atom is 0.211 e. The molecule has 4 aromatic rings. The summed E-state index contributed by atoms with van der Waals surface area (Å²) < 4.78 is 26.9. The van der Waals surface area contributed by atoms with Gasteiger partial charge < -0.3 is 5.32 Å². The lowest BCUT2D eigenvalue weighted by atomic mass is 10.1. The average Bonchev–Trinajstić information content (AvgIpc) is 2.75. The standard InChI is InChI=1S/C24H24N4O3S/c1-17-18(16-27(2)32(3,30)31)14-21-22(29)15-23(26-19-10-6-4-7-11-19)28(24(21)25-17)20-12-8-5-9-13-20/h4-15,26H,16H2,1-3H3. The van der Waals surface area contributed by atoms with E-state index >= 15 is 0 Å². The van der Waals surface area contributed by atoms with Gasteiger partial charge in [-0.1, -0.05) is 36.4 Å². The molecular formula is C24H24N4O3S. The third-order valence-corrected chi connectivity index (χ3v) is 6.56. The topological polar surface area (TPSA) is 84.3 Å². The number of sulfonamides is 1. The monoisotopic (exact) mass is 448 g/mol. The van der Waals surface area contributed by atoms with Crippen LogP contribution in [0.2, 0.25) is 0 Å². The summed E-state index contributed by atoms with van der Waals surface area (Å²) in [6.45, 7) is 1.96. The highest BCUT2D eigenvalue weighted by atomic mass is 32.2. The van der Waals surface area contributed by atoms with Crippen LogP contribution in [0.25, 0.3) is 16.7 Å². The average molecular weight is 449 g/mol. The summed E-state index contributed by atoms with van der Waals surface area (Å²) in [5.41, 5.74) is 3.36. The summed E-state index contributed by atoms with van der Waals surface area (Å²) in [6.07, 6.45) is 1.15. The van der Waals surface area contributed by atoms with E-state index in [1.807, 2.05) is 72.2 Å². The lowest BCUT2D eigenvalue weighted by molar-refractivity contribution is 0.471. The van der Waals surface area contributed by atoms with Gasteiger partial charge in [0, 0.05) is 36.7 Å². The number of fused-ring (bicyclic) bond motifs is 1. The summed E-state index contributed by atoms with van der Waals surface area (Å²) in [6, 6.07) is 22.6.